The van der Waals surface area contributed by atoms with E-state index >= 15 is 0 Å². The van der Waals surface area contributed by atoms with Crippen molar-refractivity contribution in [3.05, 3.63) is 47.3 Å². The number of esters is 1. The van der Waals surface area contributed by atoms with Gasteiger partial charge in [0, 0.05) is 11.3 Å². The van der Waals surface area contributed by atoms with Crippen LogP contribution in [-0.4, -0.2) is 17.6 Å². The van der Waals surface area contributed by atoms with Crippen molar-refractivity contribution in [2.75, 3.05) is 6.61 Å². The molecule has 0 spiro atoms. The van der Waals surface area contributed by atoms with Gasteiger partial charge in [0.25, 0.3) is 0 Å². The van der Waals surface area contributed by atoms with Crippen LogP contribution in [0.15, 0.2) is 30.3 Å². The number of carbonyl (C=O) groups excluding carboxylic acids is 1. The molecule has 2 aromatic rings. The molecule has 0 saturated heterocycles. The van der Waals surface area contributed by atoms with Crippen LogP contribution in [0.2, 0.25) is 0 Å². The number of rotatable bonds is 3. The average molecular weight is 283 g/mol. The van der Waals surface area contributed by atoms with Crippen LogP contribution in [0.5, 0.6) is 0 Å². The summed E-state index contributed by atoms with van der Waals surface area (Å²) in [5, 5.41) is 0. The summed E-state index contributed by atoms with van der Waals surface area (Å²) in [4.78, 5) is 15.6. The molecule has 0 unspecified atom stereocenters. The zero-order chi connectivity index (χ0) is 14.7. The van der Waals surface area contributed by atoms with Crippen molar-refractivity contribution in [1.82, 2.24) is 4.98 Å². The molecule has 3 nitrogen and oxygen atoms in total. The van der Waals surface area contributed by atoms with Crippen LogP contribution >= 0.6 is 0 Å². The Morgan fingerprint density at radius 3 is 2.67 bits per heavy atom. The number of aromatic nitrogens is 1. The minimum absolute atomic E-state index is 0.246. The zero-order valence-corrected chi connectivity index (χ0v) is 12.4. The van der Waals surface area contributed by atoms with E-state index in [4.69, 9.17) is 4.74 Å². The quantitative estimate of drug-likeness (QED) is 0.680. The molecule has 110 valence electrons. The summed E-state index contributed by atoms with van der Waals surface area (Å²) in [6.07, 6.45) is 5.69. The zero-order valence-electron chi connectivity index (χ0n) is 12.4. The van der Waals surface area contributed by atoms with E-state index in [1.165, 1.54) is 30.5 Å². The first-order chi connectivity index (χ1) is 10.3. The molecule has 21 heavy (non-hydrogen) atoms. The molecule has 0 atom stereocenters. The van der Waals surface area contributed by atoms with Gasteiger partial charge in [-0.15, -0.1) is 0 Å². The maximum Gasteiger partial charge on any atom is 0.355 e. The Labute approximate surface area is 125 Å². The van der Waals surface area contributed by atoms with E-state index in [1.807, 2.05) is 25.1 Å². The Kier molecular flexibility index (Phi) is 4.09. The maximum atomic E-state index is 12.3. The molecule has 1 N–H and O–H groups in total. The summed E-state index contributed by atoms with van der Waals surface area (Å²) >= 11 is 0. The first kappa shape index (κ1) is 13.9. The first-order valence-electron chi connectivity index (χ1n) is 7.77. The Morgan fingerprint density at radius 1 is 1.14 bits per heavy atom. The van der Waals surface area contributed by atoms with E-state index in [0.717, 1.165) is 24.0 Å². The highest BCUT2D eigenvalue weighted by molar-refractivity contribution is 5.97. The summed E-state index contributed by atoms with van der Waals surface area (Å²) in [6.45, 7) is 2.24. The number of aryl methyl sites for hydroxylation is 1. The van der Waals surface area contributed by atoms with Crippen LogP contribution in [0.3, 0.4) is 0 Å². The van der Waals surface area contributed by atoms with Gasteiger partial charge in [0.05, 0.1) is 6.61 Å². The highest BCUT2D eigenvalue weighted by Gasteiger charge is 2.24. The molecule has 0 bridgehead atoms. The van der Waals surface area contributed by atoms with Gasteiger partial charge < -0.3 is 9.72 Å². The Morgan fingerprint density at radius 2 is 1.90 bits per heavy atom. The molecular formula is C18H21NO2. The van der Waals surface area contributed by atoms with E-state index in [9.17, 15) is 4.79 Å². The second-order valence-electron chi connectivity index (χ2n) is 5.48. The standard InChI is InChI=1S/C18H21NO2/c1-2-21-18(20)17-16(13-9-5-3-6-10-13)14-11-7-4-8-12-15(14)19-17/h3,5-6,9-10,19H,2,4,7-8,11-12H2,1H3. The third-order valence-corrected chi connectivity index (χ3v) is 4.09. The topological polar surface area (TPSA) is 42.1 Å². The van der Waals surface area contributed by atoms with Crippen LogP contribution in [0.1, 0.15) is 47.9 Å². The van der Waals surface area contributed by atoms with Crippen molar-refractivity contribution in [1.29, 1.82) is 0 Å². The fourth-order valence-electron chi connectivity index (χ4n) is 3.14. The van der Waals surface area contributed by atoms with Crippen molar-refractivity contribution < 1.29 is 9.53 Å². The Hall–Kier alpha value is -2.03. The lowest BCUT2D eigenvalue weighted by molar-refractivity contribution is 0.0521. The monoisotopic (exact) mass is 283 g/mol. The van der Waals surface area contributed by atoms with E-state index in [2.05, 4.69) is 17.1 Å². The van der Waals surface area contributed by atoms with Gasteiger partial charge in [-0.25, -0.2) is 4.79 Å². The van der Waals surface area contributed by atoms with Crippen LogP contribution in [0.4, 0.5) is 0 Å². The molecule has 1 aliphatic carbocycles. The molecule has 0 radical (unpaired) electrons. The lowest BCUT2D eigenvalue weighted by Gasteiger charge is -2.07. The maximum absolute atomic E-state index is 12.3. The SMILES string of the molecule is CCOC(=O)c1[nH]c2c(c1-c1ccccc1)CCCCC2. The Bertz CT molecular complexity index is 628. The molecule has 1 aromatic carbocycles. The second-order valence-corrected chi connectivity index (χ2v) is 5.48. The highest BCUT2D eigenvalue weighted by Crippen LogP contribution is 2.34. The van der Waals surface area contributed by atoms with Crippen LogP contribution in [0, 0.1) is 0 Å². The fourth-order valence-corrected chi connectivity index (χ4v) is 3.14. The Balaban J connectivity index is 2.13. The van der Waals surface area contributed by atoms with E-state index < -0.39 is 0 Å². The van der Waals surface area contributed by atoms with Gasteiger partial charge in [-0.05, 0) is 43.7 Å². The molecule has 0 aliphatic heterocycles. The third kappa shape index (κ3) is 2.73. The lowest BCUT2D eigenvalue weighted by Crippen LogP contribution is -2.07. The molecule has 1 heterocycles. The molecule has 0 amide bonds. The summed E-state index contributed by atoms with van der Waals surface area (Å²) in [5.41, 5.74) is 5.29. The van der Waals surface area contributed by atoms with Crippen molar-refractivity contribution in [2.45, 2.75) is 39.0 Å². The van der Waals surface area contributed by atoms with Gasteiger partial charge in [0.15, 0.2) is 0 Å². The van der Waals surface area contributed by atoms with Crippen LogP contribution < -0.4 is 0 Å². The first-order valence-corrected chi connectivity index (χ1v) is 7.77. The van der Waals surface area contributed by atoms with Gasteiger partial charge in [0.1, 0.15) is 5.69 Å². The summed E-state index contributed by atoms with van der Waals surface area (Å²) in [5.74, 6) is -0.246. The number of H-pyrrole nitrogens is 1. The number of fused-ring (bicyclic) bond motifs is 1. The summed E-state index contributed by atoms with van der Waals surface area (Å²) in [6, 6.07) is 10.2. The molecule has 1 aromatic heterocycles. The minimum atomic E-state index is -0.246. The predicted octanol–water partition coefficient (Wildman–Crippen LogP) is 4.13. The van der Waals surface area contributed by atoms with Crippen molar-refractivity contribution in [3.8, 4) is 11.1 Å². The minimum Gasteiger partial charge on any atom is -0.461 e. The normalized spacial score (nSPS) is 14.3. The molecule has 0 fully saturated rings. The largest absolute Gasteiger partial charge is 0.461 e. The molecule has 3 rings (SSSR count). The third-order valence-electron chi connectivity index (χ3n) is 4.09. The van der Waals surface area contributed by atoms with Crippen LogP contribution in [0.25, 0.3) is 11.1 Å². The van der Waals surface area contributed by atoms with Crippen molar-refractivity contribution in [3.63, 3.8) is 0 Å². The van der Waals surface area contributed by atoms with Gasteiger partial charge in [-0.1, -0.05) is 36.8 Å². The number of ether oxygens (including phenoxy) is 1. The number of aromatic amines is 1. The van der Waals surface area contributed by atoms with Crippen LogP contribution in [-0.2, 0) is 17.6 Å². The number of hydrogen-bond acceptors (Lipinski definition) is 2. The molecular weight excluding hydrogens is 262 g/mol. The highest BCUT2D eigenvalue weighted by atomic mass is 16.5. The fraction of sp³-hybridized carbons (Fsp3) is 0.389. The van der Waals surface area contributed by atoms with E-state index in [-0.39, 0.29) is 5.97 Å². The van der Waals surface area contributed by atoms with Crippen molar-refractivity contribution in [2.24, 2.45) is 0 Å². The number of nitrogens with one attached hydrogen (secondary N) is 1. The molecule has 3 heteroatoms. The van der Waals surface area contributed by atoms with E-state index in [1.54, 1.807) is 0 Å². The summed E-state index contributed by atoms with van der Waals surface area (Å²) in [7, 11) is 0. The van der Waals surface area contributed by atoms with Gasteiger partial charge >= 0.3 is 5.97 Å². The van der Waals surface area contributed by atoms with Gasteiger partial charge in [0.2, 0.25) is 0 Å². The summed E-state index contributed by atoms with van der Waals surface area (Å²) < 4.78 is 5.23. The molecule has 1 aliphatic rings. The average Bonchev–Trinajstić information content (AvgIpc) is 2.72. The lowest BCUT2D eigenvalue weighted by atomic mass is 9.97. The number of hydrogen-bond donors (Lipinski definition) is 1. The van der Waals surface area contributed by atoms with Gasteiger partial charge in [-0.2, -0.15) is 0 Å². The number of benzene rings is 1. The molecule has 0 saturated carbocycles. The predicted molar refractivity (Wildman–Crippen MR) is 83.4 cm³/mol. The van der Waals surface area contributed by atoms with Crippen molar-refractivity contribution >= 4 is 5.97 Å². The van der Waals surface area contributed by atoms with Gasteiger partial charge in [-0.3, -0.25) is 0 Å². The van der Waals surface area contributed by atoms with E-state index in [0.29, 0.717) is 12.3 Å². The second kappa shape index (κ2) is 6.17. The smallest absolute Gasteiger partial charge is 0.355 e. The number of carbonyl (C=O) groups is 1.